The van der Waals surface area contributed by atoms with Crippen molar-refractivity contribution in [2.24, 2.45) is 7.05 Å². The Labute approximate surface area is 275 Å². The summed E-state index contributed by atoms with van der Waals surface area (Å²) in [4.78, 5) is 30.6. The number of aliphatic hydroxyl groups is 1. The maximum absolute atomic E-state index is 15.8. The molecule has 47 heavy (non-hydrogen) atoms. The molecule has 3 aliphatic rings. The fraction of sp³-hybridized carbons (Fsp3) is 0.543. The van der Waals surface area contributed by atoms with Crippen LogP contribution >= 0.6 is 0 Å². The zero-order valence-corrected chi connectivity index (χ0v) is 27.9. The van der Waals surface area contributed by atoms with Gasteiger partial charge in [-0.3, -0.25) is 19.7 Å². The average Bonchev–Trinajstić information content (AvgIpc) is 3.65. The molecule has 2 saturated heterocycles. The average molecular weight is 644 g/mol. The van der Waals surface area contributed by atoms with Crippen LogP contribution in [-0.2, 0) is 7.05 Å². The molecule has 250 valence electrons. The number of aromatic nitrogens is 5. The highest BCUT2D eigenvalue weighted by molar-refractivity contribution is 6.05. The molecule has 5 heterocycles. The van der Waals surface area contributed by atoms with E-state index in [0.717, 1.165) is 81.7 Å². The van der Waals surface area contributed by atoms with Crippen molar-refractivity contribution in [3.8, 4) is 11.3 Å². The molecule has 0 radical (unpaired) electrons. The third kappa shape index (κ3) is 6.50. The number of amides is 1. The number of halogens is 1. The number of piperazine rings is 1. The number of nitrogens with zero attached hydrogens (tertiary/aromatic N) is 8. The molecule has 1 amide bonds. The van der Waals surface area contributed by atoms with Crippen LogP contribution in [0.15, 0.2) is 36.7 Å². The van der Waals surface area contributed by atoms with E-state index in [2.05, 4.69) is 53.8 Å². The standard InChI is InChI=1S/C35H46FN9O2/c1-23-19-28(31(36)32(38-23)24-21-37-42(4)22-24)33(46)40-34-39-29-6-5-27(20-30(29)45(34)26-7-11-35(2,47)12-8-26)43-13-9-25(10-14-43)44-17-15-41(3)16-18-44/h5-6,19-22,25-26,47H,7-18H2,1-4H3,(H,39,40,46)/t26-,35+. The lowest BCUT2D eigenvalue weighted by molar-refractivity contribution is 0.0106. The van der Waals surface area contributed by atoms with Crippen molar-refractivity contribution in [2.75, 3.05) is 56.5 Å². The maximum Gasteiger partial charge on any atom is 0.261 e. The normalized spacial score (nSPS) is 23.4. The van der Waals surface area contributed by atoms with Crippen molar-refractivity contribution in [1.29, 1.82) is 0 Å². The van der Waals surface area contributed by atoms with E-state index >= 15 is 4.39 Å². The van der Waals surface area contributed by atoms with Gasteiger partial charge in [0.15, 0.2) is 5.82 Å². The molecule has 0 unspecified atom stereocenters. The van der Waals surface area contributed by atoms with E-state index in [1.165, 1.54) is 12.3 Å². The number of piperidine rings is 1. The van der Waals surface area contributed by atoms with Gasteiger partial charge in [-0.1, -0.05) is 0 Å². The number of benzene rings is 1. The first-order chi connectivity index (χ1) is 22.5. The Bertz CT molecular complexity index is 1760. The van der Waals surface area contributed by atoms with Crippen molar-refractivity contribution < 1.29 is 14.3 Å². The van der Waals surface area contributed by atoms with Gasteiger partial charge >= 0.3 is 0 Å². The number of carbonyl (C=O) groups excluding carboxylic acids is 1. The van der Waals surface area contributed by atoms with Crippen LogP contribution in [0.2, 0.25) is 0 Å². The predicted molar refractivity (Wildman–Crippen MR) is 181 cm³/mol. The Morgan fingerprint density at radius 1 is 0.979 bits per heavy atom. The van der Waals surface area contributed by atoms with Crippen molar-refractivity contribution in [2.45, 2.75) is 70.1 Å². The third-order valence-corrected chi connectivity index (χ3v) is 10.5. The van der Waals surface area contributed by atoms with Crippen molar-refractivity contribution in [3.05, 3.63) is 53.7 Å². The van der Waals surface area contributed by atoms with E-state index in [1.54, 1.807) is 24.9 Å². The molecule has 1 aliphatic carbocycles. The number of hydrogen-bond donors (Lipinski definition) is 2. The van der Waals surface area contributed by atoms with Crippen LogP contribution in [0.25, 0.3) is 22.3 Å². The van der Waals surface area contributed by atoms with Gasteiger partial charge in [0, 0.05) is 81.5 Å². The summed E-state index contributed by atoms with van der Waals surface area (Å²) in [5.74, 6) is -0.886. The van der Waals surface area contributed by atoms with Gasteiger partial charge in [0.2, 0.25) is 5.95 Å². The maximum atomic E-state index is 15.8. The van der Waals surface area contributed by atoms with Crippen LogP contribution in [0.3, 0.4) is 0 Å². The van der Waals surface area contributed by atoms with Crippen LogP contribution in [0.5, 0.6) is 0 Å². The number of aryl methyl sites for hydroxylation is 2. The van der Waals surface area contributed by atoms with Crippen LogP contribution in [0, 0.1) is 12.7 Å². The molecule has 0 bridgehead atoms. The lowest BCUT2D eigenvalue weighted by Gasteiger charge is -2.42. The van der Waals surface area contributed by atoms with Gasteiger partial charge in [0.1, 0.15) is 5.69 Å². The number of fused-ring (bicyclic) bond motifs is 1. The first kappa shape index (κ1) is 31.7. The minimum absolute atomic E-state index is 0.0312. The molecule has 3 aromatic heterocycles. The van der Waals surface area contributed by atoms with Crippen LogP contribution in [-0.4, -0.2) is 103 Å². The Morgan fingerprint density at radius 3 is 2.38 bits per heavy atom. The highest BCUT2D eigenvalue weighted by atomic mass is 19.1. The van der Waals surface area contributed by atoms with E-state index in [9.17, 15) is 9.90 Å². The van der Waals surface area contributed by atoms with Crippen molar-refractivity contribution in [3.63, 3.8) is 0 Å². The Kier molecular flexibility index (Phi) is 8.52. The summed E-state index contributed by atoms with van der Waals surface area (Å²) in [6.07, 6.45) is 8.28. The summed E-state index contributed by atoms with van der Waals surface area (Å²) < 4.78 is 19.5. The topological polar surface area (TPSA) is 108 Å². The zero-order valence-electron chi connectivity index (χ0n) is 27.9. The van der Waals surface area contributed by atoms with E-state index in [4.69, 9.17) is 4.98 Å². The second-order valence-corrected chi connectivity index (χ2v) is 14.1. The fourth-order valence-corrected chi connectivity index (χ4v) is 7.62. The fourth-order valence-electron chi connectivity index (χ4n) is 7.62. The first-order valence-electron chi connectivity index (χ1n) is 16.9. The molecule has 2 N–H and O–H groups in total. The molecule has 1 saturated carbocycles. The lowest BCUT2D eigenvalue weighted by atomic mass is 9.83. The van der Waals surface area contributed by atoms with Gasteiger partial charge < -0.3 is 19.5 Å². The minimum atomic E-state index is -0.712. The molecule has 4 aromatic rings. The lowest BCUT2D eigenvalue weighted by Crippen LogP contribution is -2.52. The number of hydrogen-bond acceptors (Lipinski definition) is 8. The smallest absolute Gasteiger partial charge is 0.261 e. The Balaban J connectivity index is 1.18. The van der Waals surface area contributed by atoms with Gasteiger partial charge in [-0.25, -0.2) is 14.4 Å². The molecule has 0 atom stereocenters. The molecule has 12 heteroatoms. The number of carbonyl (C=O) groups is 1. The number of imidazole rings is 1. The molecule has 7 rings (SSSR count). The number of anilines is 2. The molecule has 2 aliphatic heterocycles. The van der Waals surface area contributed by atoms with Crippen LogP contribution in [0.1, 0.15) is 67.5 Å². The molecular weight excluding hydrogens is 597 g/mol. The number of rotatable bonds is 6. The molecule has 0 spiro atoms. The van der Waals surface area contributed by atoms with Gasteiger partial charge in [-0.05, 0) is 83.7 Å². The second kappa shape index (κ2) is 12.6. The largest absolute Gasteiger partial charge is 0.390 e. The van der Waals surface area contributed by atoms with E-state index in [0.29, 0.717) is 36.1 Å². The van der Waals surface area contributed by atoms with E-state index < -0.39 is 17.3 Å². The Hall–Kier alpha value is -3.87. The summed E-state index contributed by atoms with van der Waals surface area (Å²) in [5.41, 5.74) is 3.18. The molecular formula is C35H46FN9O2. The van der Waals surface area contributed by atoms with E-state index in [-0.39, 0.29) is 17.3 Å². The number of likely N-dealkylation sites (N-methyl/N-ethyl adjacent to an activating group) is 1. The highest BCUT2D eigenvalue weighted by Gasteiger charge is 2.33. The summed E-state index contributed by atoms with van der Waals surface area (Å²) in [6, 6.07) is 8.47. The van der Waals surface area contributed by atoms with Crippen LogP contribution < -0.4 is 10.2 Å². The monoisotopic (exact) mass is 643 g/mol. The van der Waals surface area contributed by atoms with Gasteiger partial charge in [-0.2, -0.15) is 5.10 Å². The zero-order chi connectivity index (χ0) is 32.9. The summed E-state index contributed by atoms with van der Waals surface area (Å²) in [7, 11) is 3.95. The van der Waals surface area contributed by atoms with Crippen LogP contribution in [0.4, 0.5) is 16.0 Å². The summed E-state index contributed by atoms with van der Waals surface area (Å²) >= 11 is 0. The number of nitrogens with one attached hydrogen (secondary N) is 1. The van der Waals surface area contributed by atoms with Gasteiger partial charge in [0.25, 0.3) is 5.91 Å². The predicted octanol–water partition coefficient (Wildman–Crippen LogP) is 4.61. The summed E-state index contributed by atoms with van der Waals surface area (Å²) in [5, 5.41) is 17.8. The van der Waals surface area contributed by atoms with E-state index in [1.807, 2.05) is 13.0 Å². The minimum Gasteiger partial charge on any atom is -0.390 e. The Morgan fingerprint density at radius 2 is 1.70 bits per heavy atom. The molecule has 1 aromatic carbocycles. The van der Waals surface area contributed by atoms with Gasteiger partial charge in [-0.15, -0.1) is 0 Å². The first-order valence-corrected chi connectivity index (χ1v) is 16.9. The summed E-state index contributed by atoms with van der Waals surface area (Å²) in [6.45, 7) is 10.2. The van der Waals surface area contributed by atoms with Gasteiger partial charge in [0.05, 0.1) is 28.4 Å². The SMILES string of the molecule is Cc1cc(C(=O)Nc2nc3ccc(N4CCC(N5CCN(C)CC5)CC4)cc3n2[C@H]2CC[C@@](C)(O)CC2)c(F)c(-c2cnn(C)c2)n1. The second-order valence-electron chi connectivity index (χ2n) is 14.1. The molecule has 3 fully saturated rings. The molecule has 11 nitrogen and oxygen atoms in total. The highest BCUT2D eigenvalue weighted by Crippen LogP contribution is 2.39. The number of pyridine rings is 1. The third-order valence-electron chi connectivity index (χ3n) is 10.5. The van der Waals surface area contributed by atoms with Crippen molar-refractivity contribution >= 4 is 28.6 Å². The van der Waals surface area contributed by atoms with Crippen molar-refractivity contribution in [1.82, 2.24) is 34.1 Å². The quantitative estimate of drug-likeness (QED) is 0.314.